The maximum atomic E-state index is 13.4. The lowest BCUT2D eigenvalue weighted by Crippen LogP contribution is -2.44. The van der Waals surface area contributed by atoms with Gasteiger partial charge in [-0.25, -0.2) is 4.79 Å². The van der Waals surface area contributed by atoms with Crippen LogP contribution in [0.1, 0.15) is 104 Å². The second kappa shape index (κ2) is 14.5. The summed E-state index contributed by atoms with van der Waals surface area (Å²) in [6.45, 7) is 3.15. The van der Waals surface area contributed by atoms with Crippen LogP contribution in [0.5, 0.6) is 5.75 Å². The number of ether oxygens (including phenoxy) is 1. The van der Waals surface area contributed by atoms with Crippen molar-refractivity contribution in [2.24, 2.45) is 13.0 Å². The molecule has 4 aliphatic rings. The smallest absolute Gasteiger partial charge is 0.329 e. The van der Waals surface area contributed by atoms with Gasteiger partial charge in [0.15, 0.2) is 0 Å². The number of anilines is 1. The monoisotopic (exact) mass is 760 g/mol. The molecule has 2 saturated carbocycles. The Hall–Kier alpha value is -5.50. The van der Waals surface area contributed by atoms with Crippen molar-refractivity contribution < 1.29 is 19.1 Å². The lowest BCUT2D eigenvalue weighted by molar-refractivity contribution is -0.135. The second-order valence-electron chi connectivity index (χ2n) is 16.2. The first kappa shape index (κ1) is 36.2. The Morgan fingerprint density at radius 3 is 2.41 bits per heavy atom. The van der Waals surface area contributed by atoms with E-state index in [0.717, 1.165) is 92.9 Å². The predicted molar refractivity (Wildman–Crippen MR) is 211 cm³/mol. The zero-order valence-corrected chi connectivity index (χ0v) is 31.9. The molecule has 3 amide bonds. The van der Waals surface area contributed by atoms with E-state index in [1.807, 2.05) is 12.3 Å². The number of carbonyl (C=O) groups excluding carboxylic acids is 3. The fourth-order valence-electron chi connectivity index (χ4n) is 9.31. The Morgan fingerprint density at radius 2 is 1.68 bits per heavy atom. The number of pyridine rings is 1. The van der Waals surface area contributed by atoms with Crippen LogP contribution in [0.3, 0.4) is 0 Å². The van der Waals surface area contributed by atoms with Crippen LogP contribution in [0, 0.1) is 5.92 Å². The highest BCUT2D eigenvalue weighted by atomic mass is 16.5. The molecule has 1 atom stereocenters. The Bertz CT molecular complexity index is 2470. The van der Waals surface area contributed by atoms with E-state index in [0.29, 0.717) is 29.6 Å². The number of aromatic nitrogens is 5. The van der Waals surface area contributed by atoms with Crippen molar-refractivity contribution in [1.29, 1.82) is 0 Å². The van der Waals surface area contributed by atoms with Crippen LogP contribution in [-0.4, -0.2) is 72.8 Å². The average molecular weight is 761 g/mol. The van der Waals surface area contributed by atoms with Gasteiger partial charge in [-0.15, -0.1) is 0 Å². The Morgan fingerprint density at radius 1 is 0.911 bits per heavy atom. The molecule has 2 aromatic carbocycles. The minimum absolute atomic E-state index is 0.193. The Labute approximate surface area is 323 Å². The quantitative estimate of drug-likeness (QED) is 0.198. The molecule has 14 nitrogen and oxygen atoms in total. The minimum atomic E-state index is -0.681. The Kier molecular flexibility index (Phi) is 9.39. The molecule has 2 saturated heterocycles. The van der Waals surface area contributed by atoms with Crippen LogP contribution >= 0.6 is 0 Å². The zero-order chi connectivity index (χ0) is 38.7. The van der Waals surface area contributed by atoms with Crippen LogP contribution in [-0.2, 0) is 16.6 Å². The average Bonchev–Trinajstić information content (AvgIpc) is 3.92. The topological polar surface area (TPSA) is 154 Å². The van der Waals surface area contributed by atoms with Gasteiger partial charge >= 0.3 is 5.69 Å². The maximum absolute atomic E-state index is 13.4. The summed E-state index contributed by atoms with van der Waals surface area (Å²) in [5, 5.41) is 11.0. The summed E-state index contributed by atoms with van der Waals surface area (Å²) in [5.74, 6) is 0.352. The lowest BCUT2D eigenvalue weighted by Gasteiger charge is -2.36. The van der Waals surface area contributed by atoms with Crippen molar-refractivity contribution in [2.75, 3.05) is 32.1 Å². The number of rotatable bonds is 9. The molecule has 5 aromatic rings. The van der Waals surface area contributed by atoms with Crippen LogP contribution < -0.4 is 26.6 Å². The third kappa shape index (κ3) is 6.73. The van der Waals surface area contributed by atoms with Crippen molar-refractivity contribution in [2.45, 2.75) is 88.3 Å². The van der Waals surface area contributed by atoms with Crippen LogP contribution in [0.15, 0.2) is 64.4 Å². The van der Waals surface area contributed by atoms with Gasteiger partial charge in [-0.05, 0) is 119 Å². The number of hydrogen-bond donors (Lipinski definition) is 2. The molecule has 5 heterocycles. The lowest BCUT2D eigenvalue weighted by atomic mass is 9.84. The predicted octanol–water partition coefficient (Wildman–Crippen LogP) is 5.04. The van der Waals surface area contributed by atoms with Gasteiger partial charge in [0.2, 0.25) is 11.8 Å². The second-order valence-corrected chi connectivity index (χ2v) is 16.2. The normalized spacial score (nSPS) is 22.4. The molecular weight excluding hydrogens is 713 g/mol. The first-order valence-electron chi connectivity index (χ1n) is 20.0. The summed E-state index contributed by atoms with van der Waals surface area (Å²) in [4.78, 5) is 66.5. The standard InChI is InChI=1S/C42H48N8O6/c1-46-36-21-27(7-12-34(36)50(42(46)55)35-13-14-38(51)44-40(35)53)26-15-18-47(19-16-26)23-25-5-8-30(9-6-25)49-24-28-20-31(37(56-2)22-33(28)45-49)39(52)43-32-4-3-17-48(41(32)54)29-10-11-29/h3-4,7,12,17,20-22,24-26,29-30,35H,5-6,8-11,13-16,18-19,23H2,1-2H3,(H,43,52)(H,44,51,53). The van der Waals surface area contributed by atoms with Crippen LogP contribution in [0.25, 0.3) is 21.9 Å². The summed E-state index contributed by atoms with van der Waals surface area (Å²) >= 11 is 0. The summed E-state index contributed by atoms with van der Waals surface area (Å²) < 4.78 is 12.5. The molecule has 2 N–H and O–H groups in total. The van der Waals surface area contributed by atoms with Crippen molar-refractivity contribution in [3.8, 4) is 5.75 Å². The fourth-order valence-corrected chi connectivity index (χ4v) is 9.31. The number of piperidine rings is 2. The molecule has 2 aliphatic carbocycles. The number of likely N-dealkylation sites (tertiary alicyclic amines) is 1. The fraction of sp³-hybridized carbons (Fsp3) is 0.476. The van der Waals surface area contributed by atoms with Crippen molar-refractivity contribution >= 4 is 45.3 Å². The number of carbonyl (C=O) groups is 3. The molecule has 4 fully saturated rings. The van der Waals surface area contributed by atoms with E-state index in [1.165, 1.54) is 12.7 Å². The number of aryl methyl sites for hydroxylation is 1. The number of hydrogen-bond acceptors (Lipinski definition) is 8. The summed E-state index contributed by atoms with van der Waals surface area (Å²) in [6, 6.07) is 13.1. The first-order valence-corrected chi connectivity index (χ1v) is 20.0. The summed E-state index contributed by atoms with van der Waals surface area (Å²) in [5.41, 5.74) is 3.73. The van der Waals surface area contributed by atoms with Crippen LogP contribution in [0.2, 0.25) is 0 Å². The van der Waals surface area contributed by atoms with Gasteiger partial charge in [-0.2, -0.15) is 5.10 Å². The van der Waals surface area contributed by atoms with Gasteiger partial charge < -0.3 is 19.5 Å². The number of methoxy groups -OCH3 is 1. The van der Waals surface area contributed by atoms with E-state index < -0.39 is 11.9 Å². The van der Waals surface area contributed by atoms with Crippen molar-refractivity contribution in [1.82, 2.24) is 33.7 Å². The number of fused-ring (bicyclic) bond motifs is 2. The molecule has 292 valence electrons. The first-order chi connectivity index (χ1) is 27.1. The van der Waals surface area contributed by atoms with Gasteiger partial charge in [0.05, 0.1) is 35.3 Å². The molecule has 56 heavy (non-hydrogen) atoms. The van der Waals surface area contributed by atoms with Crippen LogP contribution in [0.4, 0.5) is 5.69 Å². The van der Waals surface area contributed by atoms with E-state index in [1.54, 1.807) is 51.2 Å². The number of nitrogens with zero attached hydrogens (tertiary/aromatic N) is 6. The van der Waals surface area contributed by atoms with E-state index >= 15 is 0 Å². The molecule has 0 radical (unpaired) electrons. The largest absolute Gasteiger partial charge is 0.496 e. The Balaban J connectivity index is 0.800. The van der Waals surface area contributed by atoms with E-state index in [9.17, 15) is 24.0 Å². The van der Waals surface area contributed by atoms with E-state index in [4.69, 9.17) is 9.84 Å². The maximum Gasteiger partial charge on any atom is 0.329 e. The summed E-state index contributed by atoms with van der Waals surface area (Å²) in [7, 11) is 3.29. The highest BCUT2D eigenvalue weighted by Crippen LogP contribution is 2.37. The zero-order valence-electron chi connectivity index (χ0n) is 31.9. The molecule has 1 unspecified atom stereocenters. The number of nitrogens with one attached hydrogen (secondary N) is 2. The van der Waals surface area contributed by atoms with Gasteiger partial charge in [-0.3, -0.25) is 38.3 Å². The summed E-state index contributed by atoms with van der Waals surface area (Å²) in [6.07, 6.45) is 12.7. The molecule has 3 aromatic heterocycles. The molecule has 0 bridgehead atoms. The SMILES string of the molecule is COc1cc2nn(C3CCC(CN4CCC(c5ccc6c(c5)n(C)c(=O)n6C5CCC(=O)NC5=O)CC4)CC3)cc2cc1C(=O)Nc1cccn(C2CC2)c1=O. The number of imide groups is 1. The van der Waals surface area contributed by atoms with Gasteiger partial charge in [-0.1, -0.05) is 6.07 Å². The van der Waals surface area contributed by atoms with E-state index in [-0.39, 0.29) is 47.3 Å². The third-order valence-corrected chi connectivity index (χ3v) is 12.7. The number of imidazole rings is 1. The molecule has 14 heteroatoms. The molecule has 9 rings (SSSR count). The minimum Gasteiger partial charge on any atom is -0.496 e. The van der Waals surface area contributed by atoms with E-state index in [2.05, 4.69) is 32.3 Å². The molecular formula is C42H48N8O6. The molecule has 2 aliphatic heterocycles. The number of benzene rings is 2. The van der Waals surface area contributed by atoms with Gasteiger partial charge in [0.25, 0.3) is 11.5 Å². The highest BCUT2D eigenvalue weighted by Gasteiger charge is 2.33. The molecule has 0 spiro atoms. The third-order valence-electron chi connectivity index (χ3n) is 12.7. The van der Waals surface area contributed by atoms with Crippen molar-refractivity contribution in [3.05, 3.63) is 86.8 Å². The van der Waals surface area contributed by atoms with Gasteiger partial charge in [0.1, 0.15) is 17.5 Å². The highest BCUT2D eigenvalue weighted by molar-refractivity contribution is 6.08. The van der Waals surface area contributed by atoms with Gasteiger partial charge in [0, 0.05) is 49.9 Å². The van der Waals surface area contributed by atoms with Crippen molar-refractivity contribution in [3.63, 3.8) is 0 Å². The number of amides is 3.